The Balaban J connectivity index is 2.31. The zero-order chi connectivity index (χ0) is 12.5. The van der Waals surface area contributed by atoms with Gasteiger partial charge in [0, 0.05) is 24.3 Å². The number of hydrogen-bond acceptors (Lipinski definition) is 3. The van der Waals surface area contributed by atoms with Crippen LogP contribution < -0.4 is 16.1 Å². The Morgan fingerprint density at radius 2 is 2.00 bits per heavy atom. The minimum atomic E-state index is -0.236. The maximum absolute atomic E-state index is 11.7. The maximum atomic E-state index is 11.7. The highest BCUT2D eigenvalue weighted by molar-refractivity contribution is 6.30. The van der Waals surface area contributed by atoms with Crippen molar-refractivity contribution in [3.63, 3.8) is 0 Å². The number of nitrogens with one attached hydrogen (secondary N) is 3. The number of halogens is 1. The largest absolute Gasteiger partial charge is 0.360 e. The van der Waals surface area contributed by atoms with E-state index >= 15 is 0 Å². The fourth-order valence-electron chi connectivity index (χ4n) is 1.67. The zero-order valence-electron chi connectivity index (χ0n) is 9.07. The number of aliphatic imine (C=N–C) groups is 2. The van der Waals surface area contributed by atoms with Crippen LogP contribution >= 0.6 is 11.6 Å². The number of H-pyrrole nitrogens is 3. The van der Waals surface area contributed by atoms with E-state index in [0.29, 0.717) is 21.4 Å². The van der Waals surface area contributed by atoms with E-state index in [0.717, 1.165) is 5.69 Å². The molecule has 0 saturated heterocycles. The molecule has 1 aliphatic rings. The van der Waals surface area contributed by atoms with Crippen LogP contribution in [0.1, 0.15) is 5.69 Å². The van der Waals surface area contributed by atoms with E-state index in [9.17, 15) is 4.79 Å². The fraction of sp³-hybridized carbons (Fsp3) is 0. The number of aromatic amines is 3. The quantitative estimate of drug-likeness (QED) is 0.648. The Bertz CT molecular complexity index is 806. The number of hydrogen-bond donors (Lipinski definition) is 3. The molecule has 18 heavy (non-hydrogen) atoms. The van der Waals surface area contributed by atoms with E-state index < -0.39 is 0 Å². The van der Waals surface area contributed by atoms with Gasteiger partial charge in [0.1, 0.15) is 5.35 Å². The third kappa shape index (κ3) is 1.82. The van der Waals surface area contributed by atoms with Crippen molar-refractivity contribution in [2.75, 3.05) is 0 Å². The zero-order valence-corrected chi connectivity index (χ0v) is 9.82. The van der Waals surface area contributed by atoms with Gasteiger partial charge in [-0.3, -0.25) is 15.0 Å². The molecule has 90 valence electrons. The lowest BCUT2D eigenvalue weighted by Gasteiger charge is -1.85. The molecule has 0 atom stereocenters. The van der Waals surface area contributed by atoms with Gasteiger partial charge in [-0.1, -0.05) is 11.6 Å². The average molecular weight is 262 g/mol. The van der Waals surface area contributed by atoms with Crippen LogP contribution in [-0.4, -0.2) is 27.6 Å². The Kier molecular flexibility index (Phi) is 2.49. The van der Waals surface area contributed by atoms with Crippen LogP contribution in [0.2, 0.25) is 5.02 Å². The van der Waals surface area contributed by atoms with Crippen molar-refractivity contribution in [2.45, 2.75) is 0 Å². The lowest BCUT2D eigenvalue weighted by atomic mass is 10.3. The summed E-state index contributed by atoms with van der Waals surface area (Å²) in [7, 11) is 0. The molecule has 0 unspecified atom stereocenters. The van der Waals surface area contributed by atoms with Gasteiger partial charge >= 0.3 is 0 Å². The average Bonchev–Trinajstić information content (AvgIpc) is 3.03. The van der Waals surface area contributed by atoms with Crippen molar-refractivity contribution < 1.29 is 0 Å². The molecule has 0 radical (unpaired) electrons. The summed E-state index contributed by atoms with van der Waals surface area (Å²) >= 11 is 5.81. The van der Waals surface area contributed by atoms with E-state index in [1.165, 1.54) is 0 Å². The predicted octanol–water partition coefficient (Wildman–Crippen LogP) is -0.266. The summed E-state index contributed by atoms with van der Waals surface area (Å²) in [6.07, 6.45) is 6.46. The molecule has 0 saturated carbocycles. The molecule has 0 aromatic carbocycles. The monoisotopic (exact) mass is 261 g/mol. The van der Waals surface area contributed by atoms with Gasteiger partial charge in [0.05, 0.1) is 10.2 Å². The van der Waals surface area contributed by atoms with Crippen molar-refractivity contribution >= 4 is 35.9 Å². The molecule has 0 spiro atoms. The van der Waals surface area contributed by atoms with Gasteiger partial charge in [-0.15, -0.1) is 0 Å². The first-order chi connectivity index (χ1) is 8.74. The van der Waals surface area contributed by atoms with Crippen LogP contribution in [0.15, 0.2) is 27.0 Å². The summed E-state index contributed by atoms with van der Waals surface area (Å²) in [5.41, 5.74) is 0.499. The van der Waals surface area contributed by atoms with E-state index in [-0.39, 0.29) is 5.56 Å². The van der Waals surface area contributed by atoms with E-state index in [1.54, 1.807) is 30.8 Å². The highest BCUT2D eigenvalue weighted by Gasteiger charge is 2.03. The van der Waals surface area contributed by atoms with E-state index in [4.69, 9.17) is 11.6 Å². The highest BCUT2D eigenvalue weighted by atomic mass is 35.5. The van der Waals surface area contributed by atoms with Crippen molar-refractivity contribution in [2.24, 2.45) is 9.98 Å². The van der Waals surface area contributed by atoms with Crippen molar-refractivity contribution in [3.05, 3.63) is 43.9 Å². The minimum Gasteiger partial charge on any atom is -0.360 e. The Labute approximate surface area is 105 Å². The van der Waals surface area contributed by atoms with Crippen molar-refractivity contribution in [3.8, 4) is 0 Å². The van der Waals surface area contributed by atoms with Crippen LogP contribution in [0, 0.1) is 0 Å². The van der Waals surface area contributed by atoms with Crippen LogP contribution in [0.5, 0.6) is 0 Å². The molecule has 3 N–H and O–H groups in total. The van der Waals surface area contributed by atoms with Gasteiger partial charge in [0.15, 0.2) is 5.82 Å². The summed E-state index contributed by atoms with van der Waals surface area (Å²) in [5, 5.41) is 6.87. The predicted molar refractivity (Wildman–Crippen MR) is 70.4 cm³/mol. The molecule has 3 heterocycles. The number of rotatable bonds is 1. The molecular weight excluding hydrogens is 254 g/mol. The molecule has 6 nitrogen and oxygen atoms in total. The summed E-state index contributed by atoms with van der Waals surface area (Å²) in [6, 6.07) is 1.73. The molecule has 7 heteroatoms. The lowest BCUT2D eigenvalue weighted by molar-refractivity contribution is 1.03. The number of nitrogens with zero attached hydrogens (tertiary/aromatic N) is 2. The molecular formula is C11H8ClN5O. The summed E-state index contributed by atoms with van der Waals surface area (Å²) in [6.45, 7) is 0. The van der Waals surface area contributed by atoms with E-state index in [1.807, 2.05) is 0 Å². The van der Waals surface area contributed by atoms with Crippen molar-refractivity contribution in [1.82, 2.24) is 15.2 Å². The molecule has 3 rings (SSSR count). The second-order valence-corrected chi connectivity index (χ2v) is 4.10. The maximum Gasteiger partial charge on any atom is 0.272 e. The molecule has 2 aromatic rings. The van der Waals surface area contributed by atoms with Gasteiger partial charge in [-0.25, -0.2) is 9.98 Å². The third-order valence-electron chi connectivity index (χ3n) is 2.47. The molecule has 0 bridgehead atoms. The van der Waals surface area contributed by atoms with Crippen molar-refractivity contribution in [1.29, 1.82) is 0 Å². The van der Waals surface area contributed by atoms with Gasteiger partial charge in [0.2, 0.25) is 0 Å². The second-order valence-electron chi connectivity index (χ2n) is 3.67. The molecule has 0 amide bonds. The van der Waals surface area contributed by atoms with Crippen LogP contribution in [0.4, 0.5) is 0 Å². The molecule has 2 aromatic heterocycles. The summed E-state index contributed by atoms with van der Waals surface area (Å²) in [5.74, 6) is 0.470. The first-order valence-electron chi connectivity index (χ1n) is 5.17. The SMILES string of the molecule is O=c1[nH][nH]c(=C2N=CC=N2)/c1=C\c1cc(Cl)c[nH]1. The Morgan fingerprint density at radius 1 is 1.22 bits per heavy atom. The van der Waals surface area contributed by atoms with Gasteiger partial charge in [-0.05, 0) is 12.1 Å². The second kappa shape index (κ2) is 4.15. The molecule has 0 aliphatic carbocycles. The molecule has 1 aliphatic heterocycles. The number of aromatic nitrogens is 3. The summed E-state index contributed by atoms with van der Waals surface area (Å²) < 4.78 is 0. The fourth-order valence-corrected chi connectivity index (χ4v) is 1.85. The Morgan fingerprint density at radius 3 is 2.67 bits per heavy atom. The van der Waals surface area contributed by atoms with Crippen LogP contribution in [0.3, 0.4) is 0 Å². The first kappa shape index (κ1) is 10.8. The lowest BCUT2D eigenvalue weighted by Crippen LogP contribution is -2.34. The van der Waals surface area contributed by atoms with Gasteiger partial charge < -0.3 is 4.98 Å². The normalized spacial score (nSPS) is 14.9. The van der Waals surface area contributed by atoms with Crippen LogP contribution in [-0.2, 0) is 0 Å². The van der Waals surface area contributed by atoms with Gasteiger partial charge in [0.25, 0.3) is 5.56 Å². The smallest absolute Gasteiger partial charge is 0.272 e. The topological polar surface area (TPSA) is 89.2 Å². The van der Waals surface area contributed by atoms with Crippen LogP contribution in [0.25, 0.3) is 11.9 Å². The van der Waals surface area contributed by atoms with E-state index in [2.05, 4.69) is 25.2 Å². The van der Waals surface area contributed by atoms with Gasteiger partial charge in [-0.2, -0.15) is 0 Å². The third-order valence-corrected chi connectivity index (χ3v) is 2.69. The minimum absolute atomic E-state index is 0.236. The summed E-state index contributed by atoms with van der Waals surface area (Å²) in [4.78, 5) is 22.8. The highest BCUT2D eigenvalue weighted by Crippen LogP contribution is 2.09. The standard InChI is InChI=1S/C11H8ClN5O/c12-6-3-7(15-5-6)4-8-9(16-17-11(8)18)10-13-1-2-14-10/h1-5,15-16H,(H,17,18)/b8-4+. The molecule has 0 fully saturated rings. The Hall–Kier alpha value is -2.34. The first-order valence-corrected chi connectivity index (χ1v) is 5.55.